The standard InChI is InChI=1S/C8H10N4O/c1-12(8(9)13)11-6-7-4-2-3-5-10-7/h2-6H,1H3,(H2,9,13). The summed E-state index contributed by atoms with van der Waals surface area (Å²) in [6, 6.07) is 4.80. The van der Waals surface area contributed by atoms with Crippen LogP contribution in [0.25, 0.3) is 0 Å². The summed E-state index contributed by atoms with van der Waals surface area (Å²) in [6.07, 6.45) is 3.11. The predicted molar refractivity (Wildman–Crippen MR) is 49.2 cm³/mol. The zero-order chi connectivity index (χ0) is 9.68. The number of carbonyl (C=O) groups is 1. The van der Waals surface area contributed by atoms with Gasteiger partial charge in [-0.2, -0.15) is 5.10 Å². The molecule has 0 saturated carbocycles. The maximum Gasteiger partial charge on any atom is 0.334 e. The van der Waals surface area contributed by atoms with E-state index in [1.807, 2.05) is 6.07 Å². The average Bonchev–Trinajstić information content (AvgIpc) is 2.15. The van der Waals surface area contributed by atoms with Gasteiger partial charge in [-0.15, -0.1) is 0 Å². The van der Waals surface area contributed by atoms with Gasteiger partial charge in [0.2, 0.25) is 0 Å². The molecule has 2 N–H and O–H groups in total. The minimum Gasteiger partial charge on any atom is -0.350 e. The van der Waals surface area contributed by atoms with Crippen molar-refractivity contribution in [3.8, 4) is 0 Å². The fourth-order valence-electron chi connectivity index (χ4n) is 0.655. The van der Waals surface area contributed by atoms with E-state index in [1.54, 1.807) is 18.3 Å². The van der Waals surface area contributed by atoms with Crippen LogP contribution in [0.2, 0.25) is 0 Å². The molecule has 0 saturated heterocycles. The second-order valence-electron chi connectivity index (χ2n) is 2.36. The van der Waals surface area contributed by atoms with Crippen LogP contribution in [0.15, 0.2) is 29.5 Å². The van der Waals surface area contributed by atoms with Crippen molar-refractivity contribution < 1.29 is 4.79 Å². The molecule has 2 amide bonds. The van der Waals surface area contributed by atoms with E-state index in [0.717, 1.165) is 5.01 Å². The second-order valence-corrected chi connectivity index (χ2v) is 2.36. The molecule has 13 heavy (non-hydrogen) atoms. The van der Waals surface area contributed by atoms with Crippen molar-refractivity contribution in [2.75, 3.05) is 7.05 Å². The molecule has 1 aromatic rings. The molecule has 1 aromatic heterocycles. The van der Waals surface area contributed by atoms with Crippen LogP contribution in [0.4, 0.5) is 4.79 Å². The van der Waals surface area contributed by atoms with E-state index in [1.165, 1.54) is 13.3 Å². The van der Waals surface area contributed by atoms with Crippen molar-refractivity contribution in [1.29, 1.82) is 0 Å². The lowest BCUT2D eigenvalue weighted by Crippen LogP contribution is -2.27. The van der Waals surface area contributed by atoms with Gasteiger partial charge in [-0.25, -0.2) is 9.80 Å². The SMILES string of the molecule is CN(N=Cc1ccccn1)C(N)=O. The predicted octanol–water partition coefficient (Wildman–Crippen LogP) is 0.426. The van der Waals surface area contributed by atoms with Crippen molar-refractivity contribution in [1.82, 2.24) is 9.99 Å². The Balaban J connectivity index is 2.64. The fraction of sp³-hybridized carbons (Fsp3) is 0.125. The third kappa shape index (κ3) is 2.90. The van der Waals surface area contributed by atoms with E-state index in [2.05, 4.69) is 10.1 Å². The van der Waals surface area contributed by atoms with Crippen molar-refractivity contribution in [3.63, 3.8) is 0 Å². The largest absolute Gasteiger partial charge is 0.350 e. The zero-order valence-electron chi connectivity index (χ0n) is 7.21. The number of aromatic nitrogens is 1. The molecule has 0 aliphatic carbocycles. The maximum atomic E-state index is 10.5. The molecule has 0 bridgehead atoms. The van der Waals surface area contributed by atoms with E-state index >= 15 is 0 Å². The molecule has 0 spiro atoms. The number of primary amides is 1. The number of urea groups is 1. The summed E-state index contributed by atoms with van der Waals surface area (Å²) >= 11 is 0. The Morgan fingerprint density at radius 2 is 2.46 bits per heavy atom. The quantitative estimate of drug-likeness (QED) is 0.526. The number of amides is 2. The Labute approximate surface area is 75.9 Å². The Kier molecular flexibility index (Phi) is 2.97. The summed E-state index contributed by atoms with van der Waals surface area (Å²) in [6.45, 7) is 0. The first-order valence-corrected chi connectivity index (χ1v) is 3.68. The van der Waals surface area contributed by atoms with E-state index in [4.69, 9.17) is 5.73 Å². The summed E-state index contributed by atoms with van der Waals surface area (Å²) in [4.78, 5) is 14.5. The van der Waals surface area contributed by atoms with Gasteiger partial charge in [0.1, 0.15) is 0 Å². The van der Waals surface area contributed by atoms with Crippen molar-refractivity contribution in [3.05, 3.63) is 30.1 Å². The number of hydrogen-bond acceptors (Lipinski definition) is 3. The van der Waals surface area contributed by atoms with Crippen LogP contribution in [0.1, 0.15) is 5.69 Å². The Bertz CT molecular complexity index is 309. The molecule has 0 aromatic carbocycles. The molecule has 0 fully saturated rings. The lowest BCUT2D eigenvalue weighted by atomic mass is 10.4. The van der Waals surface area contributed by atoms with Crippen LogP contribution in [0, 0.1) is 0 Å². The van der Waals surface area contributed by atoms with Crippen molar-refractivity contribution in [2.45, 2.75) is 0 Å². The highest BCUT2D eigenvalue weighted by Crippen LogP contribution is 1.89. The van der Waals surface area contributed by atoms with Gasteiger partial charge in [0, 0.05) is 13.2 Å². The number of pyridine rings is 1. The van der Waals surface area contributed by atoms with Gasteiger partial charge < -0.3 is 5.73 Å². The summed E-state index contributed by atoms with van der Waals surface area (Å²) in [5, 5.41) is 4.80. The minimum atomic E-state index is -0.604. The van der Waals surface area contributed by atoms with E-state index in [0.29, 0.717) is 5.69 Å². The van der Waals surface area contributed by atoms with E-state index in [-0.39, 0.29) is 0 Å². The van der Waals surface area contributed by atoms with E-state index in [9.17, 15) is 4.79 Å². The lowest BCUT2D eigenvalue weighted by Gasteiger charge is -2.04. The molecule has 1 heterocycles. The lowest BCUT2D eigenvalue weighted by molar-refractivity contribution is 0.220. The maximum absolute atomic E-state index is 10.5. The summed E-state index contributed by atoms with van der Waals surface area (Å²) in [5.41, 5.74) is 5.63. The molecule has 0 aliphatic rings. The first-order valence-electron chi connectivity index (χ1n) is 3.68. The number of nitrogens with zero attached hydrogens (tertiary/aromatic N) is 3. The molecule has 5 heteroatoms. The molecule has 5 nitrogen and oxygen atoms in total. The third-order valence-electron chi connectivity index (χ3n) is 1.37. The highest BCUT2D eigenvalue weighted by atomic mass is 16.2. The van der Waals surface area contributed by atoms with Gasteiger partial charge >= 0.3 is 6.03 Å². The van der Waals surface area contributed by atoms with Crippen molar-refractivity contribution in [2.24, 2.45) is 10.8 Å². The second kappa shape index (κ2) is 4.20. The normalized spacial score (nSPS) is 10.2. The first-order chi connectivity index (χ1) is 6.20. The molecule has 1 rings (SSSR count). The highest BCUT2D eigenvalue weighted by molar-refractivity contribution is 5.79. The number of hydrogen-bond donors (Lipinski definition) is 1. The molecule has 68 valence electrons. The van der Waals surface area contributed by atoms with Crippen LogP contribution in [0.5, 0.6) is 0 Å². The van der Waals surface area contributed by atoms with Gasteiger partial charge in [0.25, 0.3) is 0 Å². The van der Waals surface area contributed by atoms with Gasteiger partial charge in [-0.3, -0.25) is 4.98 Å². The monoisotopic (exact) mass is 178 g/mol. The number of rotatable bonds is 2. The zero-order valence-corrected chi connectivity index (χ0v) is 7.21. The molecule has 0 atom stereocenters. The molecule has 0 unspecified atom stereocenters. The van der Waals surface area contributed by atoms with Crippen LogP contribution < -0.4 is 5.73 Å². The topological polar surface area (TPSA) is 71.6 Å². The van der Waals surface area contributed by atoms with Gasteiger partial charge in [-0.05, 0) is 12.1 Å². The number of carbonyl (C=O) groups excluding carboxylic acids is 1. The molecular weight excluding hydrogens is 168 g/mol. The molecule has 0 aliphatic heterocycles. The number of hydrazone groups is 1. The first kappa shape index (κ1) is 9.18. The molecular formula is C8H10N4O. The number of nitrogens with two attached hydrogens (primary N) is 1. The van der Waals surface area contributed by atoms with Crippen LogP contribution in [-0.2, 0) is 0 Å². The Morgan fingerprint density at radius 3 is 3.00 bits per heavy atom. The third-order valence-corrected chi connectivity index (χ3v) is 1.37. The molecule has 0 radical (unpaired) electrons. The van der Waals surface area contributed by atoms with E-state index < -0.39 is 6.03 Å². The van der Waals surface area contributed by atoms with Crippen LogP contribution in [-0.4, -0.2) is 29.3 Å². The summed E-state index contributed by atoms with van der Waals surface area (Å²) in [7, 11) is 1.47. The fourth-order valence-corrected chi connectivity index (χ4v) is 0.655. The Hall–Kier alpha value is -1.91. The van der Waals surface area contributed by atoms with Gasteiger partial charge in [0.15, 0.2) is 0 Å². The van der Waals surface area contributed by atoms with Crippen LogP contribution >= 0.6 is 0 Å². The highest BCUT2D eigenvalue weighted by Gasteiger charge is 1.97. The van der Waals surface area contributed by atoms with Gasteiger partial charge in [-0.1, -0.05) is 6.07 Å². The summed E-state index contributed by atoms with van der Waals surface area (Å²) in [5.74, 6) is 0. The van der Waals surface area contributed by atoms with Gasteiger partial charge in [0.05, 0.1) is 11.9 Å². The summed E-state index contributed by atoms with van der Waals surface area (Å²) < 4.78 is 0. The minimum absolute atomic E-state index is 0.604. The Morgan fingerprint density at radius 1 is 1.69 bits per heavy atom. The van der Waals surface area contributed by atoms with Crippen molar-refractivity contribution >= 4 is 12.2 Å². The smallest absolute Gasteiger partial charge is 0.334 e. The van der Waals surface area contributed by atoms with Crippen LogP contribution in [0.3, 0.4) is 0 Å². The average molecular weight is 178 g/mol.